The number of carbonyl (C=O) groups excluding carboxylic acids is 1. The summed E-state index contributed by atoms with van der Waals surface area (Å²) in [5.74, 6) is -1.26. The highest BCUT2D eigenvalue weighted by atomic mass is 35.5. The highest BCUT2D eigenvalue weighted by Crippen LogP contribution is 2.36. The number of rotatable bonds is 2. The van der Waals surface area contributed by atoms with Crippen LogP contribution < -0.4 is 5.32 Å². The third-order valence-corrected chi connectivity index (χ3v) is 3.47. The molecule has 2 atom stereocenters. The van der Waals surface area contributed by atoms with Crippen molar-refractivity contribution >= 4 is 23.5 Å². The molecule has 0 aromatic heterocycles. The molecule has 2 N–H and O–H groups in total. The molecule has 1 aliphatic heterocycles. The van der Waals surface area contributed by atoms with Crippen molar-refractivity contribution < 1.29 is 14.7 Å². The van der Waals surface area contributed by atoms with E-state index >= 15 is 0 Å². The summed E-state index contributed by atoms with van der Waals surface area (Å²) in [6, 6.07) is 6.03. The summed E-state index contributed by atoms with van der Waals surface area (Å²) in [5.41, 5.74) is 0.0701. The Morgan fingerprint density at radius 3 is 2.59 bits per heavy atom. The Balaban J connectivity index is 2.43. The molecular formula is C12H12ClNO3. The minimum atomic E-state index is -1.02. The van der Waals surface area contributed by atoms with Crippen LogP contribution in [0.25, 0.3) is 0 Å². The second-order valence-corrected chi connectivity index (χ2v) is 4.88. The van der Waals surface area contributed by atoms with Crippen LogP contribution in [0.2, 0.25) is 5.02 Å². The maximum atomic E-state index is 11.4. The fraction of sp³-hybridized carbons (Fsp3) is 0.333. The van der Waals surface area contributed by atoms with Crippen LogP contribution in [0.3, 0.4) is 0 Å². The number of hydrogen-bond donors (Lipinski definition) is 2. The smallest absolute Gasteiger partial charge is 0.327 e. The Labute approximate surface area is 104 Å². The highest BCUT2D eigenvalue weighted by Gasteiger charge is 2.48. The summed E-state index contributed by atoms with van der Waals surface area (Å²) in [6.45, 7) is 1.77. The van der Waals surface area contributed by atoms with Gasteiger partial charge in [-0.1, -0.05) is 30.7 Å². The Kier molecular flexibility index (Phi) is 2.83. The van der Waals surface area contributed by atoms with E-state index < -0.39 is 17.4 Å². The average Bonchev–Trinajstić information content (AvgIpc) is 2.56. The van der Waals surface area contributed by atoms with Gasteiger partial charge in [0.25, 0.3) is 0 Å². The van der Waals surface area contributed by atoms with Gasteiger partial charge in [0.15, 0.2) is 0 Å². The molecule has 0 saturated carbocycles. The van der Waals surface area contributed by atoms with Gasteiger partial charge in [-0.25, -0.2) is 4.79 Å². The maximum Gasteiger partial charge on any atom is 0.327 e. The van der Waals surface area contributed by atoms with Gasteiger partial charge in [-0.2, -0.15) is 0 Å². The van der Waals surface area contributed by atoms with Crippen molar-refractivity contribution in [2.45, 2.75) is 24.8 Å². The Morgan fingerprint density at radius 1 is 1.47 bits per heavy atom. The van der Waals surface area contributed by atoms with E-state index in [2.05, 4.69) is 5.32 Å². The van der Waals surface area contributed by atoms with E-state index in [1.54, 1.807) is 31.2 Å². The number of nitrogens with one attached hydrogen (secondary N) is 1. The number of halogens is 1. The monoisotopic (exact) mass is 253 g/mol. The lowest BCUT2D eigenvalue weighted by molar-refractivity contribution is -0.141. The number of amides is 1. The third kappa shape index (κ3) is 2.00. The summed E-state index contributed by atoms with van der Waals surface area (Å²) in [7, 11) is 0. The Morgan fingerprint density at radius 2 is 2.06 bits per heavy atom. The summed E-state index contributed by atoms with van der Waals surface area (Å²) in [5, 5.41) is 12.2. The SMILES string of the molecule is CC1(c2ccc(Cl)cc2)CC(=O)NC1C(=O)O. The molecule has 17 heavy (non-hydrogen) atoms. The zero-order valence-electron chi connectivity index (χ0n) is 9.24. The van der Waals surface area contributed by atoms with Crippen LogP contribution in [0.5, 0.6) is 0 Å². The average molecular weight is 254 g/mol. The topological polar surface area (TPSA) is 66.4 Å². The predicted octanol–water partition coefficient (Wildman–Crippen LogP) is 1.57. The molecule has 1 heterocycles. The van der Waals surface area contributed by atoms with Crippen molar-refractivity contribution in [3.8, 4) is 0 Å². The molecule has 1 aliphatic rings. The van der Waals surface area contributed by atoms with Crippen LogP contribution >= 0.6 is 11.6 Å². The number of aliphatic carboxylic acids is 1. The first-order chi connectivity index (χ1) is 7.93. The molecule has 0 aliphatic carbocycles. The van der Waals surface area contributed by atoms with Crippen LogP contribution in [0.1, 0.15) is 18.9 Å². The molecule has 0 spiro atoms. The van der Waals surface area contributed by atoms with Crippen LogP contribution in [0.4, 0.5) is 0 Å². The third-order valence-electron chi connectivity index (χ3n) is 3.22. The van der Waals surface area contributed by atoms with Gasteiger partial charge in [0.1, 0.15) is 6.04 Å². The fourth-order valence-electron chi connectivity index (χ4n) is 2.24. The quantitative estimate of drug-likeness (QED) is 0.841. The number of benzene rings is 1. The lowest BCUT2D eigenvalue weighted by atomic mass is 9.76. The summed E-state index contributed by atoms with van der Waals surface area (Å²) >= 11 is 5.79. The fourth-order valence-corrected chi connectivity index (χ4v) is 2.37. The van der Waals surface area contributed by atoms with E-state index in [9.17, 15) is 9.59 Å². The summed E-state index contributed by atoms with van der Waals surface area (Å²) in [4.78, 5) is 22.6. The Bertz CT molecular complexity index is 471. The number of carbonyl (C=O) groups is 2. The first-order valence-corrected chi connectivity index (χ1v) is 5.59. The summed E-state index contributed by atoms with van der Waals surface area (Å²) in [6.07, 6.45) is 0.172. The van der Waals surface area contributed by atoms with E-state index in [1.807, 2.05) is 0 Å². The van der Waals surface area contributed by atoms with Gasteiger partial charge < -0.3 is 10.4 Å². The van der Waals surface area contributed by atoms with Gasteiger partial charge in [-0.15, -0.1) is 0 Å². The van der Waals surface area contributed by atoms with Gasteiger partial charge in [0.2, 0.25) is 5.91 Å². The molecule has 1 saturated heterocycles. The lowest BCUT2D eigenvalue weighted by Gasteiger charge is -2.27. The van der Waals surface area contributed by atoms with E-state index in [1.165, 1.54) is 0 Å². The van der Waals surface area contributed by atoms with Gasteiger partial charge in [-0.3, -0.25) is 4.79 Å². The maximum absolute atomic E-state index is 11.4. The van der Waals surface area contributed by atoms with Crippen molar-refractivity contribution in [3.05, 3.63) is 34.9 Å². The number of hydrogen-bond acceptors (Lipinski definition) is 2. The minimum absolute atomic E-state index is 0.172. The molecule has 90 valence electrons. The molecule has 2 rings (SSSR count). The van der Waals surface area contributed by atoms with E-state index in [4.69, 9.17) is 16.7 Å². The van der Waals surface area contributed by atoms with Crippen LogP contribution in [0.15, 0.2) is 24.3 Å². The van der Waals surface area contributed by atoms with Gasteiger partial charge in [-0.05, 0) is 17.7 Å². The van der Waals surface area contributed by atoms with E-state index in [0.717, 1.165) is 5.56 Å². The zero-order chi connectivity index (χ0) is 12.6. The highest BCUT2D eigenvalue weighted by molar-refractivity contribution is 6.30. The first-order valence-electron chi connectivity index (χ1n) is 5.22. The molecule has 5 heteroatoms. The number of carboxylic acids is 1. The second-order valence-electron chi connectivity index (χ2n) is 4.44. The normalized spacial score (nSPS) is 27.9. The van der Waals surface area contributed by atoms with E-state index in [0.29, 0.717) is 5.02 Å². The zero-order valence-corrected chi connectivity index (χ0v) is 9.99. The molecule has 2 unspecified atom stereocenters. The van der Waals surface area contributed by atoms with Crippen molar-refractivity contribution in [3.63, 3.8) is 0 Å². The van der Waals surface area contributed by atoms with Crippen LogP contribution in [0, 0.1) is 0 Å². The molecule has 1 aromatic rings. The number of carboxylic acid groups (broad SMARTS) is 1. The molecule has 1 amide bonds. The molecule has 0 radical (unpaired) electrons. The van der Waals surface area contributed by atoms with Crippen molar-refractivity contribution in [1.29, 1.82) is 0 Å². The largest absolute Gasteiger partial charge is 0.480 e. The molecule has 1 aromatic carbocycles. The second kappa shape index (κ2) is 4.04. The molecule has 4 nitrogen and oxygen atoms in total. The first kappa shape index (κ1) is 11.9. The molecule has 0 bridgehead atoms. The molecule has 1 fully saturated rings. The van der Waals surface area contributed by atoms with Crippen molar-refractivity contribution in [1.82, 2.24) is 5.32 Å². The lowest BCUT2D eigenvalue weighted by Crippen LogP contribution is -2.44. The van der Waals surface area contributed by atoms with Gasteiger partial charge >= 0.3 is 5.97 Å². The van der Waals surface area contributed by atoms with E-state index in [-0.39, 0.29) is 12.3 Å². The molecular weight excluding hydrogens is 242 g/mol. The standard InChI is InChI=1S/C12H12ClNO3/c1-12(7-2-4-8(13)5-3-7)6-9(15)14-10(12)11(16)17/h2-5,10H,6H2,1H3,(H,14,15)(H,16,17). The van der Waals surface area contributed by atoms with Crippen LogP contribution in [-0.2, 0) is 15.0 Å². The van der Waals surface area contributed by atoms with Crippen molar-refractivity contribution in [2.75, 3.05) is 0 Å². The Hall–Kier alpha value is -1.55. The van der Waals surface area contributed by atoms with Crippen LogP contribution in [-0.4, -0.2) is 23.0 Å². The predicted molar refractivity (Wildman–Crippen MR) is 63.0 cm³/mol. The van der Waals surface area contributed by atoms with Crippen molar-refractivity contribution in [2.24, 2.45) is 0 Å². The minimum Gasteiger partial charge on any atom is -0.480 e. The van der Waals surface area contributed by atoms with Gasteiger partial charge in [0, 0.05) is 16.9 Å². The summed E-state index contributed by atoms with van der Waals surface area (Å²) < 4.78 is 0. The van der Waals surface area contributed by atoms with Gasteiger partial charge in [0.05, 0.1) is 0 Å².